The fraction of sp³-hybridized carbons (Fsp3) is 0.810. The molecule has 4 bridgehead atoms. The lowest BCUT2D eigenvalue weighted by Crippen LogP contribution is -2.46. The summed E-state index contributed by atoms with van der Waals surface area (Å²) in [6.45, 7) is 4.25. The van der Waals surface area contributed by atoms with Crippen molar-refractivity contribution in [1.29, 1.82) is 0 Å². The van der Waals surface area contributed by atoms with Gasteiger partial charge in [-0.05, 0) is 46.6 Å². The number of piperidine rings is 2. The van der Waals surface area contributed by atoms with Crippen molar-refractivity contribution >= 4 is 34.7 Å². The largest absolute Gasteiger partial charge is 0.454 e. The quantitative estimate of drug-likeness (QED) is 0.601. The van der Waals surface area contributed by atoms with Crippen LogP contribution in [0.4, 0.5) is 9.59 Å². The monoisotopic (exact) mass is 444 g/mol. The summed E-state index contributed by atoms with van der Waals surface area (Å²) < 4.78 is 9.14. The van der Waals surface area contributed by atoms with Crippen LogP contribution in [-0.4, -0.2) is 77.3 Å². The van der Waals surface area contributed by atoms with Gasteiger partial charge in [0.1, 0.15) is 11.6 Å². The fourth-order valence-electron chi connectivity index (χ4n) is 4.77. The van der Waals surface area contributed by atoms with E-state index in [4.69, 9.17) is 16.3 Å². The third kappa shape index (κ3) is 6.67. The summed E-state index contributed by atoms with van der Waals surface area (Å²) >= 11 is 4.72. The number of rotatable bonds is 2. The summed E-state index contributed by atoms with van der Waals surface area (Å²) in [6.07, 6.45) is 6.82. The molecule has 9 heteroatoms. The lowest BCUT2D eigenvalue weighted by Gasteiger charge is -2.32. The smallest absolute Gasteiger partial charge is 0.410 e. The van der Waals surface area contributed by atoms with Gasteiger partial charge in [0.25, 0.3) is 0 Å². The Balaban J connectivity index is 0.000000175. The molecule has 0 spiro atoms. The van der Waals surface area contributed by atoms with Gasteiger partial charge < -0.3 is 14.4 Å². The van der Waals surface area contributed by atoms with Crippen LogP contribution in [0.2, 0.25) is 0 Å². The van der Waals surface area contributed by atoms with Crippen LogP contribution in [0.15, 0.2) is 0 Å². The van der Waals surface area contributed by atoms with Crippen molar-refractivity contribution in [1.82, 2.24) is 9.80 Å². The zero-order valence-electron chi connectivity index (χ0n) is 18.1. The number of nitrogens with zero attached hydrogens (tertiary/aromatic N) is 2. The van der Waals surface area contributed by atoms with Crippen LogP contribution in [0.1, 0.15) is 65.2 Å². The molecule has 0 aliphatic carbocycles. The zero-order valence-corrected chi connectivity index (χ0v) is 18.9. The number of carbonyl (C=O) groups excluding carboxylic acids is 4. The number of ketones is 2. The standard InChI is InChI=1S/C10H15NO3.C8H13NO.C3H5ClO2/c1-2-14-10(13)11-7-3-4-8(11)6-9(12)5-7;1-9-6-2-3-7(9)5-8(10)4-6;1-2-6-3(4)5/h7-8H,2-6H2,1H3;6-7H,2-5H2,1H3;2H2,1H3. The van der Waals surface area contributed by atoms with Crippen LogP contribution in [-0.2, 0) is 19.1 Å². The SMILES string of the molecule is CCOC(=O)Cl.CCOC(=O)N1C2CCC1CC(=O)C2.CN1C2CCC1CC(=O)C2. The average Bonchev–Trinajstić information content (AvgIpc) is 3.05. The van der Waals surface area contributed by atoms with E-state index < -0.39 is 5.43 Å². The first-order valence-corrected chi connectivity index (χ1v) is 11.2. The Morgan fingerprint density at radius 3 is 1.60 bits per heavy atom. The van der Waals surface area contributed by atoms with Gasteiger partial charge in [0.05, 0.1) is 13.2 Å². The number of ether oxygens (including phenoxy) is 2. The third-order valence-corrected chi connectivity index (χ3v) is 6.30. The molecule has 1 amide bonds. The predicted octanol–water partition coefficient (Wildman–Crippen LogP) is 3.53. The van der Waals surface area contributed by atoms with E-state index in [0.717, 1.165) is 25.7 Å². The van der Waals surface area contributed by atoms with E-state index in [1.165, 1.54) is 12.8 Å². The molecule has 0 aromatic heterocycles. The fourth-order valence-corrected chi connectivity index (χ4v) is 4.88. The molecular weight excluding hydrogens is 412 g/mol. The van der Waals surface area contributed by atoms with Crippen LogP contribution in [0.3, 0.4) is 0 Å². The number of amides is 1. The predicted molar refractivity (Wildman–Crippen MR) is 112 cm³/mol. The number of halogens is 1. The second-order valence-electron chi connectivity index (χ2n) is 8.11. The maximum atomic E-state index is 11.6. The van der Waals surface area contributed by atoms with Crippen LogP contribution in [0.5, 0.6) is 0 Å². The van der Waals surface area contributed by atoms with Gasteiger partial charge in [-0.2, -0.15) is 0 Å². The van der Waals surface area contributed by atoms with Gasteiger partial charge in [-0.3, -0.25) is 14.5 Å². The van der Waals surface area contributed by atoms with Gasteiger partial charge in [-0.15, -0.1) is 0 Å². The molecule has 4 fully saturated rings. The summed E-state index contributed by atoms with van der Waals surface area (Å²) in [6, 6.07) is 1.40. The summed E-state index contributed by atoms with van der Waals surface area (Å²) in [4.78, 5) is 47.6. The molecule has 4 rings (SSSR count). The van der Waals surface area contributed by atoms with Crippen molar-refractivity contribution in [2.45, 2.75) is 89.4 Å². The highest BCUT2D eigenvalue weighted by Crippen LogP contribution is 2.34. The minimum absolute atomic E-state index is 0.111. The highest BCUT2D eigenvalue weighted by molar-refractivity contribution is 6.61. The van der Waals surface area contributed by atoms with E-state index >= 15 is 0 Å². The van der Waals surface area contributed by atoms with E-state index in [0.29, 0.717) is 43.9 Å². The van der Waals surface area contributed by atoms with Crippen LogP contribution < -0.4 is 0 Å². The van der Waals surface area contributed by atoms with E-state index in [1.807, 2.05) is 0 Å². The lowest BCUT2D eigenvalue weighted by atomic mass is 10.0. The molecule has 0 aromatic rings. The van der Waals surface area contributed by atoms with Crippen LogP contribution >= 0.6 is 11.6 Å². The second kappa shape index (κ2) is 11.6. The molecule has 4 atom stereocenters. The van der Waals surface area contributed by atoms with Crippen molar-refractivity contribution in [3.05, 3.63) is 0 Å². The van der Waals surface area contributed by atoms with Gasteiger partial charge in [-0.1, -0.05) is 0 Å². The molecular formula is C21H33ClN2O6. The van der Waals surface area contributed by atoms with E-state index in [9.17, 15) is 19.2 Å². The molecule has 170 valence electrons. The van der Waals surface area contributed by atoms with E-state index in [1.54, 1.807) is 18.7 Å². The maximum absolute atomic E-state index is 11.6. The first-order valence-electron chi connectivity index (χ1n) is 10.8. The molecule has 8 nitrogen and oxygen atoms in total. The first-order chi connectivity index (χ1) is 14.3. The summed E-state index contributed by atoms with van der Waals surface area (Å²) in [5, 5.41) is 0. The van der Waals surface area contributed by atoms with Crippen molar-refractivity contribution in [2.75, 3.05) is 20.3 Å². The lowest BCUT2D eigenvalue weighted by molar-refractivity contribution is -0.124. The summed E-state index contributed by atoms with van der Waals surface area (Å²) in [5.41, 5.74) is -0.738. The average molecular weight is 445 g/mol. The van der Waals surface area contributed by atoms with Crippen molar-refractivity contribution in [3.63, 3.8) is 0 Å². The summed E-state index contributed by atoms with van der Waals surface area (Å²) in [7, 11) is 2.15. The Morgan fingerprint density at radius 2 is 1.23 bits per heavy atom. The first kappa shape index (κ1) is 24.6. The Labute approximate surface area is 183 Å². The minimum atomic E-state index is -0.738. The van der Waals surface area contributed by atoms with Crippen molar-refractivity contribution in [2.24, 2.45) is 0 Å². The molecule has 4 aliphatic heterocycles. The molecule has 0 N–H and O–H groups in total. The molecule has 0 saturated carbocycles. The van der Waals surface area contributed by atoms with Gasteiger partial charge in [0.2, 0.25) is 0 Å². The van der Waals surface area contributed by atoms with Gasteiger partial charge in [0, 0.05) is 61.5 Å². The number of hydrogen-bond donors (Lipinski definition) is 0. The molecule has 4 aliphatic rings. The van der Waals surface area contributed by atoms with Crippen LogP contribution in [0, 0.1) is 0 Å². The Morgan fingerprint density at radius 1 is 0.833 bits per heavy atom. The molecule has 4 heterocycles. The molecule has 0 radical (unpaired) electrons. The topological polar surface area (TPSA) is 93.2 Å². The molecule has 4 unspecified atom stereocenters. The Bertz CT molecular complexity index is 611. The molecule has 0 aromatic carbocycles. The zero-order chi connectivity index (χ0) is 22.3. The van der Waals surface area contributed by atoms with Crippen molar-refractivity contribution < 1.29 is 28.7 Å². The van der Waals surface area contributed by atoms with Gasteiger partial charge in [0.15, 0.2) is 0 Å². The van der Waals surface area contributed by atoms with E-state index in [2.05, 4.69) is 16.7 Å². The van der Waals surface area contributed by atoms with Gasteiger partial charge >= 0.3 is 11.5 Å². The van der Waals surface area contributed by atoms with Crippen LogP contribution in [0.25, 0.3) is 0 Å². The van der Waals surface area contributed by atoms with Gasteiger partial charge in [-0.25, -0.2) is 9.59 Å². The molecule has 4 saturated heterocycles. The highest BCUT2D eigenvalue weighted by atomic mass is 35.5. The number of Topliss-reactive ketones (excluding diaryl/α,β-unsaturated/α-hetero) is 2. The number of hydrogen-bond acceptors (Lipinski definition) is 7. The Hall–Kier alpha value is -1.67. The second-order valence-corrected chi connectivity index (χ2v) is 8.41. The number of fused-ring (bicyclic) bond motifs is 4. The highest BCUT2D eigenvalue weighted by Gasteiger charge is 2.43. The summed E-state index contributed by atoms with van der Waals surface area (Å²) in [5.74, 6) is 0.767. The van der Waals surface area contributed by atoms with E-state index in [-0.39, 0.29) is 24.0 Å². The maximum Gasteiger partial charge on any atom is 0.410 e. The normalized spacial score (nSPS) is 29.4. The minimum Gasteiger partial charge on any atom is -0.454 e. The third-order valence-electron chi connectivity index (χ3n) is 6.19. The molecule has 30 heavy (non-hydrogen) atoms. The van der Waals surface area contributed by atoms with Crippen molar-refractivity contribution in [3.8, 4) is 0 Å². The Kier molecular flexibility index (Phi) is 9.55. The number of carbonyl (C=O) groups is 4.